The molecule has 1 saturated heterocycles. The highest BCUT2D eigenvalue weighted by Crippen LogP contribution is 2.77. The molecule has 0 amide bonds. The van der Waals surface area contributed by atoms with E-state index in [2.05, 4.69) is 48.1 Å². The minimum atomic E-state index is -1.50. The molecule has 11 heteroatoms. The lowest BCUT2D eigenvalue weighted by Crippen LogP contribution is -2.67. The molecule has 11 nitrogen and oxygen atoms in total. The van der Waals surface area contributed by atoms with Crippen LogP contribution in [0.25, 0.3) is 0 Å². The summed E-state index contributed by atoms with van der Waals surface area (Å²) in [7, 11) is 1.89. The largest absolute Gasteiger partial charge is 0.459 e. The fourth-order valence-corrected chi connectivity index (χ4v) is 16.8. The van der Waals surface area contributed by atoms with Gasteiger partial charge in [-0.3, -0.25) is 0 Å². The van der Waals surface area contributed by atoms with Crippen LogP contribution in [0.2, 0.25) is 0 Å². The highest BCUT2D eigenvalue weighted by atomic mass is 16.7. The van der Waals surface area contributed by atoms with E-state index in [9.17, 15) is 19.2 Å². The summed E-state index contributed by atoms with van der Waals surface area (Å²) in [6.45, 7) is 19.5. The van der Waals surface area contributed by atoms with Gasteiger partial charge in [0.15, 0.2) is 24.6 Å². The molecule has 1 heterocycles. The van der Waals surface area contributed by atoms with Gasteiger partial charge < -0.3 is 33.2 Å². The Hall–Kier alpha value is -5.62. The monoisotopic (exact) mass is 1030 g/mol. The first kappa shape index (κ1) is 53.8. The molecule has 4 aromatic rings. The fraction of sp³-hybridized carbons (Fsp3) is 0.538. The number of allylic oxidation sites excluding steroid dienone is 1. The van der Waals surface area contributed by atoms with Gasteiger partial charge in [-0.05, 0) is 176 Å². The van der Waals surface area contributed by atoms with E-state index in [1.54, 1.807) is 121 Å². The summed E-state index contributed by atoms with van der Waals surface area (Å²) in [4.78, 5) is 56.7. The van der Waals surface area contributed by atoms with E-state index in [1.807, 2.05) is 7.11 Å². The van der Waals surface area contributed by atoms with Crippen molar-refractivity contribution in [1.29, 1.82) is 0 Å². The number of carbonyl (C=O) groups is 4. The molecule has 0 radical (unpaired) electrons. The van der Waals surface area contributed by atoms with Gasteiger partial charge in [-0.25, -0.2) is 19.2 Å². The molecule has 5 aliphatic carbocycles. The molecule has 15 atom stereocenters. The van der Waals surface area contributed by atoms with Crippen LogP contribution in [0.4, 0.5) is 0 Å². The van der Waals surface area contributed by atoms with Gasteiger partial charge >= 0.3 is 23.9 Å². The number of methoxy groups -OCH3 is 1. The Morgan fingerprint density at radius 1 is 0.566 bits per heavy atom. The molecule has 6 aliphatic rings. The third-order valence-corrected chi connectivity index (χ3v) is 20.7. The number of hydrogen-bond acceptors (Lipinski definition) is 11. The second-order valence-electron chi connectivity index (χ2n) is 24.7. The van der Waals surface area contributed by atoms with Crippen molar-refractivity contribution in [1.82, 2.24) is 0 Å². The predicted molar refractivity (Wildman–Crippen MR) is 288 cm³/mol. The first-order chi connectivity index (χ1) is 36.4. The van der Waals surface area contributed by atoms with Gasteiger partial charge in [0.25, 0.3) is 0 Å². The number of rotatable bonds is 14. The van der Waals surface area contributed by atoms with Crippen LogP contribution in [0.3, 0.4) is 0 Å². The second-order valence-corrected chi connectivity index (χ2v) is 24.7. The highest BCUT2D eigenvalue weighted by molar-refractivity contribution is 5.91. The summed E-state index contributed by atoms with van der Waals surface area (Å²) in [5, 5.41) is 0. The number of benzene rings is 4. The minimum Gasteiger partial charge on any atom is -0.459 e. The maximum Gasteiger partial charge on any atom is 0.338 e. The fourth-order valence-electron chi connectivity index (χ4n) is 16.8. The highest BCUT2D eigenvalue weighted by Gasteiger charge is 2.71. The van der Waals surface area contributed by atoms with Crippen molar-refractivity contribution in [3.63, 3.8) is 0 Å². The topological polar surface area (TPSA) is 133 Å². The molecule has 0 bridgehead atoms. The Labute approximate surface area is 449 Å². The van der Waals surface area contributed by atoms with Gasteiger partial charge in [-0.1, -0.05) is 120 Å². The van der Waals surface area contributed by atoms with Gasteiger partial charge in [-0.2, -0.15) is 0 Å². The van der Waals surface area contributed by atoms with Crippen LogP contribution in [0, 0.1) is 56.7 Å². The maximum absolute atomic E-state index is 14.4. The summed E-state index contributed by atoms with van der Waals surface area (Å²) < 4.78 is 45.6. The molecular weight excluding hydrogens is 957 g/mol. The van der Waals surface area contributed by atoms with Crippen molar-refractivity contribution >= 4 is 23.9 Å². The first-order valence-corrected chi connectivity index (χ1v) is 27.9. The van der Waals surface area contributed by atoms with Crippen LogP contribution in [0.1, 0.15) is 147 Å². The normalized spacial score (nSPS) is 36.2. The van der Waals surface area contributed by atoms with Crippen molar-refractivity contribution in [3.8, 4) is 0 Å². The van der Waals surface area contributed by atoms with E-state index >= 15 is 0 Å². The standard InChI is InChI=1S/C65H78O11/c1-41(2)46-31-36-65(38-37-63(6)47(52(46)65)29-30-50-62(5)34-33-51(70-8)61(3,4)49(62)32-35-64(50,63)7)40-72-60-55(76-59(69)45-27-19-12-20-28-45)54(75-58(68)44-25-17-11-18-26-44)53(74-57(67)43-23-15-10-16-24-43)48(73-60)39-71-56(66)42-21-13-9-14-22-42/h9-28,46-55,60H,1,29-40H2,2-8H3/t46-,47?,48?,49?,50?,51-,52?,53+,54?,55?,60+,62-,63+,64+,65+/m0/s1. The smallest absolute Gasteiger partial charge is 0.338 e. The molecule has 404 valence electrons. The van der Waals surface area contributed by atoms with E-state index in [4.69, 9.17) is 33.2 Å². The Morgan fingerprint density at radius 3 is 1.63 bits per heavy atom. The lowest BCUT2D eigenvalue weighted by Gasteiger charge is -2.73. The summed E-state index contributed by atoms with van der Waals surface area (Å²) in [5.74, 6) is -0.722. The third-order valence-electron chi connectivity index (χ3n) is 20.7. The van der Waals surface area contributed by atoms with E-state index in [1.165, 1.54) is 31.3 Å². The van der Waals surface area contributed by atoms with Crippen LogP contribution in [-0.4, -0.2) is 81.0 Å². The van der Waals surface area contributed by atoms with Crippen LogP contribution >= 0.6 is 0 Å². The number of fused-ring (bicyclic) bond motifs is 7. The molecule has 1 aliphatic heterocycles. The SMILES string of the molecule is C=C(C)[C@@H]1CC[C@]2(CO[C@@H]3OC(COC(=O)c4ccccc4)[C@@H](OC(=O)c4ccccc4)C(OC(=O)c4ccccc4)C3OC(=O)c3ccccc3)CC[C@]3(C)C(CCC4[C@@]5(C)CC[C@H](OC)C(C)(C)C5CC[C@]43C)C12. The van der Waals surface area contributed by atoms with Crippen molar-refractivity contribution in [2.75, 3.05) is 20.3 Å². The quantitative estimate of drug-likeness (QED) is 0.0679. The van der Waals surface area contributed by atoms with Gasteiger partial charge in [-0.15, -0.1) is 0 Å². The van der Waals surface area contributed by atoms with E-state index in [-0.39, 0.29) is 68.3 Å². The molecule has 76 heavy (non-hydrogen) atoms. The summed E-state index contributed by atoms with van der Waals surface area (Å²) >= 11 is 0. The predicted octanol–water partition coefficient (Wildman–Crippen LogP) is 12.9. The summed E-state index contributed by atoms with van der Waals surface area (Å²) in [6, 6.07) is 34.0. The van der Waals surface area contributed by atoms with Crippen LogP contribution in [-0.2, 0) is 33.2 Å². The number of esters is 4. The Kier molecular flexibility index (Phi) is 15.1. The minimum absolute atomic E-state index is 0.0632. The Balaban J connectivity index is 1.01. The first-order valence-electron chi connectivity index (χ1n) is 27.9. The number of ether oxygens (including phenoxy) is 7. The maximum atomic E-state index is 14.4. The zero-order valence-corrected chi connectivity index (χ0v) is 45.6. The molecular formula is C65H78O11. The third kappa shape index (κ3) is 9.54. The molecule has 5 saturated carbocycles. The van der Waals surface area contributed by atoms with E-state index < -0.39 is 61.2 Å². The van der Waals surface area contributed by atoms with Crippen molar-refractivity contribution in [2.45, 2.75) is 143 Å². The molecule has 4 aromatic carbocycles. The average molecular weight is 1040 g/mol. The van der Waals surface area contributed by atoms with Gasteiger partial charge in [0.05, 0.1) is 35.0 Å². The van der Waals surface area contributed by atoms with Crippen molar-refractivity contribution < 1.29 is 52.3 Å². The summed E-state index contributed by atoms with van der Waals surface area (Å²) in [6.07, 6.45) is 4.07. The van der Waals surface area contributed by atoms with Crippen LogP contribution in [0.15, 0.2) is 133 Å². The van der Waals surface area contributed by atoms with Crippen LogP contribution in [0.5, 0.6) is 0 Å². The lowest BCUT2D eigenvalue weighted by atomic mass is 9.32. The average Bonchev–Trinajstić information content (AvgIpc) is 3.94. The van der Waals surface area contributed by atoms with Gasteiger partial charge in [0, 0.05) is 7.11 Å². The molecule has 0 spiro atoms. The van der Waals surface area contributed by atoms with E-state index in [0.717, 1.165) is 38.5 Å². The molecule has 10 rings (SSSR count). The lowest BCUT2D eigenvalue weighted by molar-refractivity contribution is -0.309. The second kappa shape index (κ2) is 21.3. The van der Waals surface area contributed by atoms with Gasteiger partial charge in [0.2, 0.25) is 0 Å². The van der Waals surface area contributed by atoms with Gasteiger partial charge in [0.1, 0.15) is 12.7 Å². The van der Waals surface area contributed by atoms with Crippen molar-refractivity contribution in [3.05, 3.63) is 156 Å². The zero-order valence-electron chi connectivity index (χ0n) is 45.6. The Bertz CT molecular complexity index is 2730. The molecule has 6 fully saturated rings. The van der Waals surface area contributed by atoms with Crippen molar-refractivity contribution in [2.24, 2.45) is 56.7 Å². The molecule has 0 N–H and O–H groups in total. The number of carbonyl (C=O) groups excluding carboxylic acids is 4. The van der Waals surface area contributed by atoms with Crippen LogP contribution < -0.4 is 0 Å². The molecule has 0 aromatic heterocycles. The summed E-state index contributed by atoms with van der Waals surface area (Å²) in [5.41, 5.74) is 2.40. The Morgan fingerprint density at radius 2 is 1.09 bits per heavy atom. The number of hydrogen-bond donors (Lipinski definition) is 0. The zero-order chi connectivity index (χ0) is 53.6. The van der Waals surface area contributed by atoms with E-state index in [0.29, 0.717) is 23.3 Å². The molecule has 7 unspecified atom stereocenters.